The molecule has 1 aromatic rings. The molecule has 0 radical (unpaired) electrons. The van der Waals surface area contributed by atoms with E-state index in [0.29, 0.717) is 16.7 Å². The van der Waals surface area contributed by atoms with Gasteiger partial charge < -0.3 is 9.84 Å². The molecule has 2 heteroatoms. The zero-order chi connectivity index (χ0) is 13.8. The van der Waals surface area contributed by atoms with Crippen molar-refractivity contribution < 1.29 is 9.84 Å². The van der Waals surface area contributed by atoms with E-state index in [0.717, 1.165) is 11.7 Å². The highest BCUT2D eigenvalue weighted by molar-refractivity contribution is 5.44. The average Bonchev–Trinajstić information content (AvgIpc) is 2.71. The van der Waals surface area contributed by atoms with E-state index >= 15 is 0 Å². The normalized spacial score (nSPS) is 35.6. The fourth-order valence-corrected chi connectivity index (χ4v) is 4.66. The van der Waals surface area contributed by atoms with Crippen molar-refractivity contribution in [1.29, 1.82) is 0 Å². The molecule has 2 bridgehead atoms. The van der Waals surface area contributed by atoms with Crippen LogP contribution in [-0.2, 0) is 0 Å². The summed E-state index contributed by atoms with van der Waals surface area (Å²) in [6, 6.07) is 5.60. The van der Waals surface area contributed by atoms with Crippen molar-refractivity contribution in [3.05, 3.63) is 23.8 Å². The number of hydrogen-bond acceptors (Lipinski definition) is 2. The van der Waals surface area contributed by atoms with E-state index in [2.05, 4.69) is 26.8 Å². The van der Waals surface area contributed by atoms with Gasteiger partial charge in [0.05, 0.1) is 7.11 Å². The lowest BCUT2D eigenvalue weighted by Crippen LogP contribution is -2.31. The Balaban J connectivity index is 2.06. The minimum atomic E-state index is 0.285. The molecule has 0 aromatic heterocycles. The highest BCUT2D eigenvalue weighted by Crippen LogP contribution is 2.71. The van der Waals surface area contributed by atoms with E-state index in [9.17, 15) is 5.11 Å². The Morgan fingerprint density at radius 1 is 1.26 bits per heavy atom. The van der Waals surface area contributed by atoms with E-state index < -0.39 is 0 Å². The van der Waals surface area contributed by atoms with Crippen LogP contribution >= 0.6 is 0 Å². The topological polar surface area (TPSA) is 29.5 Å². The number of methoxy groups -OCH3 is 1. The number of rotatable bonds is 2. The third-order valence-corrected chi connectivity index (χ3v) is 6.39. The van der Waals surface area contributed by atoms with Gasteiger partial charge in [-0.2, -0.15) is 0 Å². The summed E-state index contributed by atoms with van der Waals surface area (Å²) < 4.78 is 5.50. The lowest BCUT2D eigenvalue weighted by atomic mass is 9.65. The van der Waals surface area contributed by atoms with Crippen LogP contribution in [0, 0.1) is 16.7 Å². The maximum atomic E-state index is 9.63. The number of phenolic OH excluding ortho intramolecular Hbond substituents is 1. The highest BCUT2D eigenvalue weighted by atomic mass is 16.5. The van der Waals surface area contributed by atoms with Crippen LogP contribution in [0.4, 0.5) is 0 Å². The minimum absolute atomic E-state index is 0.285. The van der Waals surface area contributed by atoms with Crippen LogP contribution in [0.5, 0.6) is 11.5 Å². The predicted molar refractivity (Wildman–Crippen MR) is 76.6 cm³/mol. The van der Waals surface area contributed by atoms with Crippen LogP contribution in [-0.4, -0.2) is 12.2 Å². The first-order chi connectivity index (χ1) is 8.90. The second-order valence-electron chi connectivity index (χ2n) is 7.09. The van der Waals surface area contributed by atoms with Crippen molar-refractivity contribution in [3.63, 3.8) is 0 Å². The Morgan fingerprint density at radius 3 is 2.53 bits per heavy atom. The van der Waals surface area contributed by atoms with Crippen LogP contribution in [0.25, 0.3) is 0 Å². The predicted octanol–water partition coefficient (Wildman–Crippen LogP) is 4.33. The maximum Gasteiger partial charge on any atom is 0.126 e. The van der Waals surface area contributed by atoms with Gasteiger partial charge >= 0.3 is 0 Å². The molecule has 19 heavy (non-hydrogen) atoms. The summed E-state index contributed by atoms with van der Waals surface area (Å²) in [6.45, 7) is 7.30. The van der Waals surface area contributed by atoms with Gasteiger partial charge in [0.25, 0.3) is 0 Å². The van der Waals surface area contributed by atoms with E-state index in [-0.39, 0.29) is 5.75 Å². The Kier molecular flexibility index (Phi) is 2.64. The number of fused-ring (bicyclic) bond motifs is 2. The number of ether oxygens (including phenoxy) is 1. The fourth-order valence-electron chi connectivity index (χ4n) is 4.66. The molecule has 1 N–H and O–H groups in total. The number of benzene rings is 1. The van der Waals surface area contributed by atoms with Gasteiger partial charge in [-0.15, -0.1) is 0 Å². The summed E-state index contributed by atoms with van der Waals surface area (Å²) in [7, 11) is 1.69. The standard InChI is InChI=1S/C17H24O2/c1-16(2)11-7-8-17(16,3)14(9-11)13-6-5-12(18)10-15(13)19-4/h5-6,10-11,14,18H,7-9H2,1-4H3. The van der Waals surface area contributed by atoms with Crippen LogP contribution < -0.4 is 4.74 Å². The molecule has 3 rings (SSSR count). The molecule has 2 fully saturated rings. The van der Waals surface area contributed by atoms with E-state index in [1.807, 2.05) is 0 Å². The van der Waals surface area contributed by atoms with Crippen molar-refractivity contribution >= 4 is 0 Å². The molecule has 2 saturated carbocycles. The molecular weight excluding hydrogens is 236 g/mol. The quantitative estimate of drug-likeness (QED) is 0.857. The molecule has 3 atom stereocenters. The van der Waals surface area contributed by atoms with Gasteiger partial charge in [-0.25, -0.2) is 0 Å². The Hall–Kier alpha value is -1.18. The smallest absolute Gasteiger partial charge is 0.126 e. The van der Waals surface area contributed by atoms with Gasteiger partial charge in [0.2, 0.25) is 0 Å². The van der Waals surface area contributed by atoms with Gasteiger partial charge in [0.15, 0.2) is 0 Å². The number of aromatic hydroxyl groups is 1. The van der Waals surface area contributed by atoms with Crippen molar-refractivity contribution in [1.82, 2.24) is 0 Å². The molecule has 3 unspecified atom stereocenters. The first-order valence-corrected chi connectivity index (χ1v) is 7.27. The third kappa shape index (κ3) is 1.55. The number of phenols is 1. The van der Waals surface area contributed by atoms with Crippen LogP contribution in [0.1, 0.15) is 51.5 Å². The van der Waals surface area contributed by atoms with E-state index in [1.165, 1.54) is 24.8 Å². The molecule has 0 amide bonds. The van der Waals surface area contributed by atoms with Gasteiger partial charge in [0.1, 0.15) is 11.5 Å². The molecule has 1 aromatic carbocycles. The van der Waals surface area contributed by atoms with Gasteiger partial charge in [-0.05, 0) is 53.6 Å². The minimum Gasteiger partial charge on any atom is -0.508 e. The summed E-state index contributed by atoms with van der Waals surface area (Å²) in [5.74, 6) is 2.50. The second kappa shape index (κ2) is 3.91. The first kappa shape index (κ1) is 12.8. The molecule has 2 nitrogen and oxygen atoms in total. The summed E-state index contributed by atoms with van der Waals surface area (Å²) in [6.07, 6.45) is 3.92. The zero-order valence-corrected chi connectivity index (χ0v) is 12.4. The van der Waals surface area contributed by atoms with Crippen LogP contribution in [0.15, 0.2) is 18.2 Å². The average molecular weight is 260 g/mol. The van der Waals surface area contributed by atoms with Crippen molar-refractivity contribution in [2.75, 3.05) is 7.11 Å². The van der Waals surface area contributed by atoms with E-state index in [4.69, 9.17) is 4.74 Å². The SMILES string of the molecule is COc1cc(O)ccc1C1CC2CCC1(C)C2(C)C. The lowest BCUT2D eigenvalue weighted by molar-refractivity contribution is 0.133. The Labute approximate surface area is 115 Å². The van der Waals surface area contributed by atoms with E-state index in [1.54, 1.807) is 19.2 Å². The third-order valence-electron chi connectivity index (χ3n) is 6.39. The molecular formula is C17H24O2. The number of hydrogen-bond donors (Lipinski definition) is 1. The monoisotopic (exact) mass is 260 g/mol. The lowest BCUT2D eigenvalue weighted by Gasteiger charge is -2.40. The van der Waals surface area contributed by atoms with Crippen molar-refractivity contribution in [3.8, 4) is 11.5 Å². The molecule has 0 heterocycles. The van der Waals surface area contributed by atoms with Crippen LogP contribution in [0.2, 0.25) is 0 Å². The molecule has 104 valence electrons. The Morgan fingerprint density at radius 2 is 2.00 bits per heavy atom. The summed E-state index contributed by atoms with van der Waals surface area (Å²) in [5, 5.41) is 9.63. The largest absolute Gasteiger partial charge is 0.508 e. The summed E-state index contributed by atoms with van der Waals surface area (Å²) in [4.78, 5) is 0. The maximum absolute atomic E-state index is 9.63. The van der Waals surface area contributed by atoms with Gasteiger partial charge in [-0.3, -0.25) is 0 Å². The molecule has 0 spiro atoms. The second-order valence-corrected chi connectivity index (χ2v) is 7.09. The zero-order valence-electron chi connectivity index (χ0n) is 12.4. The van der Waals surface area contributed by atoms with Crippen molar-refractivity contribution in [2.45, 2.75) is 46.0 Å². The fraction of sp³-hybridized carbons (Fsp3) is 0.647. The molecule has 2 aliphatic rings. The Bertz CT molecular complexity index is 506. The highest BCUT2D eigenvalue weighted by Gasteiger charge is 2.61. The van der Waals surface area contributed by atoms with Crippen molar-refractivity contribution in [2.24, 2.45) is 16.7 Å². The molecule has 0 saturated heterocycles. The van der Waals surface area contributed by atoms with Gasteiger partial charge in [-0.1, -0.05) is 26.8 Å². The van der Waals surface area contributed by atoms with Gasteiger partial charge in [0, 0.05) is 6.07 Å². The van der Waals surface area contributed by atoms with Crippen LogP contribution in [0.3, 0.4) is 0 Å². The summed E-state index contributed by atoms with van der Waals surface area (Å²) in [5.41, 5.74) is 2.03. The molecule has 0 aliphatic heterocycles. The summed E-state index contributed by atoms with van der Waals surface area (Å²) >= 11 is 0. The first-order valence-electron chi connectivity index (χ1n) is 7.27. The molecule has 2 aliphatic carbocycles.